The first-order chi connectivity index (χ1) is 9.53. The quantitative estimate of drug-likeness (QED) is 0.642. The van der Waals surface area contributed by atoms with Gasteiger partial charge in [-0.2, -0.15) is 0 Å². The zero-order chi connectivity index (χ0) is 14.0. The van der Waals surface area contributed by atoms with Gasteiger partial charge in [0.15, 0.2) is 0 Å². The lowest BCUT2D eigenvalue weighted by molar-refractivity contribution is -0.116. The van der Waals surface area contributed by atoms with Crippen LogP contribution in [0.4, 0.5) is 0 Å². The van der Waals surface area contributed by atoms with Crippen molar-refractivity contribution >= 4 is 0 Å². The Balaban J connectivity index is 1.63. The highest BCUT2D eigenvalue weighted by Crippen LogP contribution is 2.64. The van der Waals surface area contributed by atoms with Gasteiger partial charge in [-0.15, -0.1) is 0 Å². The van der Waals surface area contributed by atoms with Gasteiger partial charge in [-0.05, 0) is 85.9 Å². The molecule has 4 aliphatic carbocycles. The molecule has 1 N–H and O–H groups in total. The molecule has 7 atom stereocenters. The van der Waals surface area contributed by atoms with Gasteiger partial charge >= 0.3 is 0 Å². The van der Waals surface area contributed by atoms with Crippen LogP contribution in [-0.4, -0.2) is 11.2 Å². The van der Waals surface area contributed by atoms with Gasteiger partial charge in [0.25, 0.3) is 0 Å². The Morgan fingerprint density at radius 2 is 1.85 bits per heavy atom. The molecule has 0 bridgehead atoms. The Kier molecular flexibility index (Phi) is 2.91. The smallest absolute Gasteiger partial charge is 0.0543 e. The minimum Gasteiger partial charge on any atom is -0.393 e. The van der Waals surface area contributed by atoms with E-state index in [9.17, 15) is 5.11 Å². The second kappa shape index (κ2) is 4.35. The predicted molar refractivity (Wildman–Crippen MR) is 82.3 cm³/mol. The second-order valence-electron chi connectivity index (χ2n) is 8.77. The first kappa shape index (κ1) is 13.4. The maximum absolute atomic E-state index is 10.0. The summed E-state index contributed by atoms with van der Waals surface area (Å²) in [4.78, 5) is 0. The fourth-order valence-corrected chi connectivity index (χ4v) is 6.72. The van der Waals surface area contributed by atoms with Crippen LogP contribution in [0.2, 0.25) is 0 Å². The molecule has 0 heterocycles. The normalized spacial score (nSPS) is 57.9. The molecule has 0 amide bonds. The molecule has 0 aromatic heterocycles. The lowest BCUT2D eigenvalue weighted by Gasteiger charge is -2.60. The van der Waals surface area contributed by atoms with Crippen molar-refractivity contribution in [2.24, 2.45) is 34.5 Å². The Bertz CT molecular complexity index is 427. The molecule has 0 saturated heterocycles. The van der Waals surface area contributed by atoms with E-state index in [1.54, 1.807) is 0 Å². The Hall–Kier alpha value is -0.300. The third-order valence-electron chi connectivity index (χ3n) is 7.96. The summed E-state index contributed by atoms with van der Waals surface area (Å²) in [5.41, 5.74) is 1.05. The van der Waals surface area contributed by atoms with Gasteiger partial charge in [-0.25, -0.2) is 0 Å². The van der Waals surface area contributed by atoms with Crippen LogP contribution in [0.3, 0.4) is 0 Å². The Morgan fingerprint density at radius 1 is 1.00 bits per heavy atom. The molecule has 1 nitrogen and oxygen atoms in total. The lowest BCUT2D eigenvalue weighted by Crippen LogP contribution is -2.53. The topological polar surface area (TPSA) is 20.2 Å². The maximum atomic E-state index is 10.0. The van der Waals surface area contributed by atoms with Crippen LogP contribution < -0.4 is 0 Å². The van der Waals surface area contributed by atoms with Crippen LogP contribution in [0.1, 0.15) is 65.2 Å². The highest BCUT2D eigenvalue weighted by Gasteiger charge is 2.56. The van der Waals surface area contributed by atoms with Crippen LogP contribution in [0, 0.1) is 34.5 Å². The summed E-state index contributed by atoms with van der Waals surface area (Å²) in [5, 5.41) is 10.0. The van der Waals surface area contributed by atoms with Crippen molar-refractivity contribution in [1.29, 1.82) is 0 Å². The zero-order valence-corrected chi connectivity index (χ0v) is 13.1. The van der Waals surface area contributed by atoms with Gasteiger partial charge in [-0.1, -0.05) is 26.0 Å². The number of hydrogen-bond acceptors (Lipinski definition) is 1. The van der Waals surface area contributed by atoms with Crippen molar-refractivity contribution in [3.8, 4) is 0 Å². The summed E-state index contributed by atoms with van der Waals surface area (Å²) in [7, 11) is 0. The fourth-order valence-electron chi connectivity index (χ4n) is 6.72. The first-order valence-corrected chi connectivity index (χ1v) is 8.89. The van der Waals surface area contributed by atoms with E-state index in [1.807, 2.05) is 0 Å². The molecule has 112 valence electrons. The van der Waals surface area contributed by atoms with Crippen molar-refractivity contribution in [1.82, 2.24) is 0 Å². The summed E-state index contributed by atoms with van der Waals surface area (Å²) < 4.78 is 0. The molecule has 20 heavy (non-hydrogen) atoms. The van der Waals surface area contributed by atoms with Gasteiger partial charge < -0.3 is 5.11 Å². The van der Waals surface area contributed by atoms with Gasteiger partial charge in [-0.3, -0.25) is 0 Å². The molecular formula is C19H30O. The molecule has 0 aromatic carbocycles. The molecular weight excluding hydrogens is 244 g/mol. The number of aliphatic hydroxyl groups is 1. The predicted octanol–water partition coefficient (Wildman–Crippen LogP) is 4.56. The molecule has 1 heteroatoms. The SMILES string of the molecule is C[C@@]12C=CC[C@H]1C1CC[C@H]3C[C@H](O)CC[C@]3(C)C1CC2. The molecule has 3 saturated carbocycles. The van der Waals surface area contributed by atoms with Gasteiger partial charge in [0, 0.05) is 0 Å². The minimum atomic E-state index is -0.00775. The van der Waals surface area contributed by atoms with Gasteiger partial charge in [0.2, 0.25) is 0 Å². The van der Waals surface area contributed by atoms with Crippen LogP contribution in [0.25, 0.3) is 0 Å². The number of rotatable bonds is 0. The molecule has 0 aromatic rings. The maximum Gasteiger partial charge on any atom is 0.0543 e. The van der Waals surface area contributed by atoms with Gasteiger partial charge in [0.05, 0.1) is 6.10 Å². The third-order valence-corrected chi connectivity index (χ3v) is 7.96. The molecule has 0 radical (unpaired) electrons. The fraction of sp³-hybridized carbons (Fsp3) is 0.895. The van der Waals surface area contributed by atoms with E-state index in [0.717, 1.165) is 36.5 Å². The van der Waals surface area contributed by atoms with E-state index in [1.165, 1.54) is 38.5 Å². The molecule has 0 spiro atoms. The monoisotopic (exact) mass is 274 g/mol. The number of aliphatic hydroxyl groups excluding tert-OH is 1. The van der Waals surface area contributed by atoms with Gasteiger partial charge in [0.1, 0.15) is 0 Å². The van der Waals surface area contributed by atoms with Crippen molar-refractivity contribution in [2.75, 3.05) is 0 Å². The summed E-state index contributed by atoms with van der Waals surface area (Å²) in [6.45, 7) is 5.09. The Labute approximate surface area is 123 Å². The van der Waals surface area contributed by atoms with Crippen molar-refractivity contribution in [2.45, 2.75) is 71.3 Å². The summed E-state index contributed by atoms with van der Waals surface area (Å²) in [6.07, 6.45) is 15.4. The average Bonchev–Trinajstić information content (AvgIpc) is 2.81. The van der Waals surface area contributed by atoms with E-state index in [-0.39, 0.29) is 6.10 Å². The summed E-state index contributed by atoms with van der Waals surface area (Å²) >= 11 is 0. The molecule has 2 unspecified atom stereocenters. The summed E-state index contributed by atoms with van der Waals surface area (Å²) in [5.74, 6) is 3.61. The van der Waals surface area contributed by atoms with Crippen LogP contribution >= 0.6 is 0 Å². The first-order valence-electron chi connectivity index (χ1n) is 8.89. The molecule has 4 rings (SSSR count). The van der Waals surface area contributed by atoms with Crippen LogP contribution in [-0.2, 0) is 0 Å². The van der Waals surface area contributed by atoms with Crippen LogP contribution in [0.5, 0.6) is 0 Å². The largest absolute Gasteiger partial charge is 0.393 e. The van der Waals surface area contributed by atoms with Crippen molar-refractivity contribution in [3.63, 3.8) is 0 Å². The number of hydrogen-bond donors (Lipinski definition) is 1. The number of fused-ring (bicyclic) bond motifs is 5. The van der Waals surface area contributed by atoms with E-state index in [0.29, 0.717) is 10.8 Å². The van der Waals surface area contributed by atoms with E-state index < -0.39 is 0 Å². The second-order valence-corrected chi connectivity index (χ2v) is 8.77. The number of allylic oxidation sites excluding steroid dienone is 2. The van der Waals surface area contributed by atoms with Crippen molar-refractivity contribution < 1.29 is 5.11 Å². The average molecular weight is 274 g/mol. The highest BCUT2D eigenvalue weighted by atomic mass is 16.3. The third kappa shape index (κ3) is 1.71. The summed E-state index contributed by atoms with van der Waals surface area (Å²) in [6, 6.07) is 0. The van der Waals surface area contributed by atoms with E-state index in [2.05, 4.69) is 26.0 Å². The zero-order valence-electron chi connectivity index (χ0n) is 13.1. The Morgan fingerprint density at radius 3 is 2.70 bits per heavy atom. The molecule has 3 fully saturated rings. The highest BCUT2D eigenvalue weighted by molar-refractivity contribution is 5.16. The van der Waals surface area contributed by atoms with E-state index in [4.69, 9.17) is 0 Å². The van der Waals surface area contributed by atoms with E-state index >= 15 is 0 Å². The molecule has 4 aliphatic rings. The van der Waals surface area contributed by atoms with Crippen LogP contribution in [0.15, 0.2) is 12.2 Å². The standard InChI is InChI=1S/C19H30O/c1-18-9-3-4-16(18)15-6-5-13-12-14(20)7-11-19(13,2)17(15)8-10-18/h3,9,13-17,20H,4-8,10-12H2,1-2H3/t13-,14+,15?,16-,17?,18-,19-/m0/s1. The lowest BCUT2D eigenvalue weighted by atomic mass is 9.45. The minimum absolute atomic E-state index is 0.00775. The molecule has 0 aliphatic heterocycles. The van der Waals surface area contributed by atoms with Crippen molar-refractivity contribution in [3.05, 3.63) is 12.2 Å².